The highest BCUT2D eigenvalue weighted by atomic mass is 16.2. The normalized spacial score (nSPS) is 14.7. The minimum atomic E-state index is 0.0704. The molecule has 1 aliphatic rings. The standard InChI is InChI=1S/C15H20N4O/c1-2-3-14-18-12-8-10(16)4-7-13(12)19(14)9-15(20)17-11-5-6-11/h4,7-8,11H,2-3,5-6,9,16H2,1H3,(H,17,20). The third-order valence-corrected chi connectivity index (χ3v) is 3.57. The number of amides is 1. The van der Waals surface area contributed by atoms with Crippen LogP contribution in [-0.4, -0.2) is 21.5 Å². The van der Waals surface area contributed by atoms with Crippen LogP contribution >= 0.6 is 0 Å². The van der Waals surface area contributed by atoms with Gasteiger partial charge in [0.15, 0.2) is 0 Å². The van der Waals surface area contributed by atoms with Crippen LogP contribution < -0.4 is 11.1 Å². The fourth-order valence-electron chi connectivity index (χ4n) is 2.43. The number of nitrogen functional groups attached to an aromatic ring is 1. The molecule has 2 aromatic rings. The summed E-state index contributed by atoms with van der Waals surface area (Å²) in [4.78, 5) is 16.7. The molecule has 3 N–H and O–H groups in total. The Hall–Kier alpha value is -2.04. The number of hydrogen-bond donors (Lipinski definition) is 2. The van der Waals surface area contributed by atoms with Crippen molar-refractivity contribution in [1.29, 1.82) is 0 Å². The van der Waals surface area contributed by atoms with Gasteiger partial charge in [-0.05, 0) is 37.5 Å². The minimum Gasteiger partial charge on any atom is -0.399 e. The first kappa shape index (κ1) is 13.0. The molecule has 0 aliphatic heterocycles. The van der Waals surface area contributed by atoms with Crippen LogP contribution in [-0.2, 0) is 17.8 Å². The number of aromatic nitrogens is 2. The topological polar surface area (TPSA) is 72.9 Å². The van der Waals surface area contributed by atoms with E-state index in [4.69, 9.17) is 5.73 Å². The van der Waals surface area contributed by atoms with Gasteiger partial charge in [-0.15, -0.1) is 0 Å². The van der Waals surface area contributed by atoms with Crippen LogP contribution in [0.25, 0.3) is 11.0 Å². The molecule has 0 unspecified atom stereocenters. The number of benzene rings is 1. The van der Waals surface area contributed by atoms with Crippen LogP contribution in [0.15, 0.2) is 18.2 Å². The van der Waals surface area contributed by atoms with E-state index in [-0.39, 0.29) is 5.91 Å². The number of nitrogens with zero attached hydrogens (tertiary/aromatic N) is 2. The van der Waals surface area contributed by atoms with Crippen molar-refractivity contribution in [2.24, 2.45) is 0 Å². The zero-order chi connectivity index (χ0) is 14.1. The van der Waals surface area contributed by atoms with Gasteiger partial charge in [0.05, 0.1) is 11.0 Å². The summed E-state index contributed by atoms with van der Waals surface area (Å²) >= 11 is 0. The van der Waals surface area contributed by atoms with Gasteiger partial charge in [-0.1, -0.05) is 6.92 Å². The molecule has 1 aliphatic carbocycles. The Morgan fingerprint density at radius 2 is 2.30 bits per heavy atom. The van der Waals surface area contributed by atoms with Crippen LogP contribution in [0.5, 0.6) is 0 Å². The molecule has 1 saturated carbocycles. The molecule has 0 spiro atoms. The number of aryl methyl sites for hydroxylation is 1. The molecule has 5 nitrogen and oxygen atoms in total. The molecule has 1 aromatic heterocycles. The Balaban J connectivity index is 1.92. The van der Waals surface area contributed by atoms with Crippen LogP contribution in [0.1, 0.15) is 32.0 Å². The fraction of sp³-hybridized carbons (Fsp3) is 0.467. The fourth-order valence-corrected chi connectivity index (χ4v) is 2.43. The summed E-state index contributed by atoms with van der Waals surface area (Å²) in [7, 11) is 0. The second-order valence-electron chi connectivity index (χ2n) is 5.45. The number of fused-ring (bicyclic) bond motifs is 1. The number of hydrogen-bond acceptors (Lipinski definition) is 3. The first-order chi connectivity index (χ1) is 9.67. The van der Waals surface area contributed by atoms with E-state index in [1.807, 2.05) is 22.8 Å². The third kappa shape index (κ3) is 2.61. The molecule has 1 heterocycles. The van der Waals surface area contributed by atoms with Crippen LogP contribution in [0.3, 0.4) is 0 Å². The molecule has 0 bridgehead atoms. The van der Waals surface area contributed by atoms with Gasteiger partial charge in [-0.25, -0.2) is 4.98 Å². The van der Waals surface area contributed by atoms with Gasteiger partial charge < -0.3 is 15.6 Å². The minimum absolute atomic E-state index is 0.0704. The summed E-state index contributed by atoms with van der Waals surface area (Å²) in [5, 5.41) is 3.03. The number of nitrogens with two attached hydrogens (primary N) is 1. The van der Waals surface area contributed by atoms with E-state index in [1.165, 1.54) is 0 Å². The highest BCUT2D eigenvalue weighted by molar-refractivity contribution is 5.83. The van der Waals surface area contributed by atoms with Gasteiger partial charge in [-0.3, -0.25) is 4.79 Å². The average Bonchev–Trinajstić information content (AvgIpc) is 3.14. The second-order valence-corrected chi connectivity index (χ2v) is 5.45. The van der Waals surface area contributed by atoms with Crippen molar-refractivity contribution in [3.63, 3.8) is 0 Å². The quantitative estimate of drug-likeness (QED) is 0.816. The number of carbonyl (C=O) groups is 1. The van der Waals surface area contributed by atoms with Gasteiger partial charge in [0.25, 0.3) is 0 Å². The van der Waals surface area contributed by atoms with Crippen molar-refractivity contribution in [3.8, 4) is 0 Å². The molecule has 0 radical (unpaired) electrons. The number of anilines is 1. The highest BCUT2D eigenvalue weighted by Gasteiger charge is 2.24. The molecular weight excluding hydrogens is 252 g/mol. The van der Waals surface area contributed by atoms with Crippen molar-refractivity contribution >= 4 is 22.6 Å². The summed E-state index contributed by atoms with van der Waals surface area (Å²) in [6.07, 6.45) is 4.08. The van der Waals surface area contributed by atoms with E-state index in [0.717, 1.165) is 42.5 Å². The highest BCUT2D eigenvalue weighted by Crippen LogP contribution is 2.21. The van der Waals surface area contributed by atoms with Gasteiger partial charge in [-0.2, -0.15) is 0 Å². The van der Waals surface area contributed by atoms with E-state index < -0.39 is 0 Å². The summed E-state index contributed by atoms with van der Waals surface area (Å²) in [6, 6.07) is 6.06. The maximum Gasteiger partial charge on any atom is 0.240 e. The lowest BCUT2D eigenvalue weighted by molar-refractivity contribution is -0.121. The molecule has 1 amide bonds. The number of carbonyl (C=O) groups excluding carboxylic acids is 1. The molecule has 1 fully saturated rings. The number of nitrogens with one attached hydrogen (secondary N) is 1. The Labute approximate surface area is 118 Å². The number of imidazole rings is 1. The van der Waals surface area contributed by atoms with Crippen LogP contribution in [0.2, 0.25) is 0 Å². The predicted molar refractivity (Wildman–Crippen MR) is 79.3 cm³/mol. The molecule has 1 aromatic carbocycles. The van der Waals surface area contributed by atoms with Gasteiger partial charge >= 0.3 is 0 Å². The Kier molecular flexibility index (Phi) is 3.34. The molecule has 0 atom stereocenters. The molecule has 20 heavy (non-hydrogen) atoms. The zero-order valence-electron chi connectivity index (χ0n) is 11.7. The summed E-state index contributed by atoms with van der Waals surface area (Å²) in [6.45, 7) is 2.45. The summed E-state index contributed by atoms with van der Waals surface area (Å²) in [5.74, 6) is 1.03. The molecule has 106 valence electrons. The third-order valence-electron chi connectivity index (χ3n) is 3.57. The maximum absolute atomic E-state index is 12.0. The van der Waals surface area contributed by atoms with Crippen LogP contribution in [0.4, 0.5) is 5.69 Å². The summed E-state index contributed by atoms with van der Waals surface area (Å²) in [5.41, 5.74) is 8.35. The molecule has 5 heteroatoms. The Morgan fingerprint density at radius 3 is 3.00 bits per heavy atom. The smallest absolute Gasteiger partial charge is 0.240 e. The Morgan fingerprint density at radius 1 is 1.50 bits per heavy atom. The molecule has 0 saturated heterocycles. The van der Waals surface area contributed by atoms with E-state index in [0.29, 0.717) is 18.3 Å². The largest absolute Gasteiger partial charge is 0.399 e. The van der Waals surface area contributed by atoms with Crippen molar-refractivity contribution in [2.45, 2.75) is 45.2 Å². The first-order valence-electron chi connectivity index (χ1n) is 7.21. The Bertz CT molecular complexity index is 643. The van der Waals surface area contributed by atoms with E-state index in [2.05, 4.69) is 17.2 Å². The summed E-state index contributed by atoms with van der Waals surface area (Å²) < 4.78 is 2.01. The van der Waals surface area contributed by atoms with Crippen molar-refractivity contribution in [2.75, 3.05) is 5.73 Å². The van der Waals surface area contributed by atoms with E-state index in [9.17, 15) is 4.79 Å². The SMILES string of the molecule is CCCc1nc2cc(N)ccc2n1CC(=O)NC1CC1. The van der Waals surface area contributed by atoms with Crippen molar-refractivity contribution in [1.82, 2.24) is 14.9 Å². The van der Waals surface area contributed by atoms with Crippen LogP contribution in [0, 0.1) is 0 Å². The van der Waals surface area contributed by atoms with E-state index >= 15 is 0 Å². The van der Waals surface area contributed by atoms with Gasteiger partial charge in [0, 0.05) is 18.2 Å². The lowest BCUT2D eigenvalue weighted by Crippen LogP contribution is -2.29. The van der Waals surface area contributed by atoms with Crippen molar-refractivity contribution in [3.05, 3.63) is 24.0 Å². The van der Waals surface area contributed by atoms with Gasteiger partial charge in [0.2, 0.25) is 5.91 Å². The maximum atomic E-state index is 12.0. The average molecular weight is 272 g/mol. The monoisotopic (exact) mass is 272 g/mol. The number of rotatable bonds is 5. The predicted octanol–water partition coefficient (Wildman–Crippen LogP) is 1.85. The lowest BCUT2D eigenvalue weighted by Gasteiger charge is -2.09. The lowest BCUT2D eigenvalue weighted by atomic mass is 10.3. The zero-order valence-corrected chi connectivity index (χ0v) is 11.7. The van der Waals surface area contributed by atoms with E-state index in [1.54, 1.807) is 0 Å². The first-order valence-corrected chi connectivity index (χ1v) is 7.21. The van der Waals surface area contributed by atoms with Crippen molar-refractivity contribution < 1.29 is 4.79 Å². The van der Waals surface area contributed by atoms with Gasteiger partial charge in [0.1, 0.15) is 12.4 Å². The molecular formula is C15H20N4O. The second kappa shape index (κ2) is 5.15. The molecule has 3 rings (SSSR count).